The van der Waals surface area contributed by atoms with E-state index in [4.69, 9.17) is 17.3 Å². The van der Waals surface area contributed by atoms with E-state index in [2.05, 4.69) is 15.3 Å². The lowest BCUT2D eigenvalue weighted by Gasteiger charge is -2.08. The molecule has 0 saturated heterocycles. The van der Waals surface area contributed by atoms with E-state index in [1.807, 2.05) is 6.07 Å². The summed E-state index contributed by atoms with van der Waals surface area (Å²) in [6.07, 6.45) is 3.09. The predicted octanol–water partition coefficient (Wildman–Crippen LogP) is 3.45. The molecule has 0 radical (unpaired) electrons. The molecule has 3 aromatic rings. The molecule has 4 N–H and O–H groups in total. The summed E-state index contributed by atoms with van der Waals surface area (Å²) < 4.78 is 0. The van der Waals surface area contributed by atoms with Crippen molar-refractivity contribution in [1.82, 2.24) is 9.97 Å². The van der Waals surface area contributed by atoms with Gasteiger partial charge >= 0.3 is 5.69 Å². The average molecular weight is 304 g/mol. The Morgan fingerprint density at radius 1 is 1.38 bits per heavy atom. The second-order valence-electron chi connectivity index (χ2n) is 4.37. The van der Waals surface area contributed by atoms with Gasteiger partial charge in [0.15, 0.2) is 0 Å². The summed E-state index contributed by atoms with van der Waals surface area (Å²) in [5.41, 5.74) is 7.13. The third-order valence-electron chi connectivity index (χ3n) is 3.05. The number of nitrogens with zero attached hydrogens (tertiary/aromatic N) is 2. The van der Waals surface area contributed by atoms with Crippen LogP contribution in [0.1, 0.15) is 0 Å². The number of hydrogen-bond donors (Lipinski definition) is 3. The summed E-state index contributed by atoms with van der Waals surface area (Å²) in [6, 6.07) is 6.92. The lowest BCUT2D eigenvalue weighted by atomic mass is 10.2. The number of hydrogen-bond acceptors (Lipinski definition) is 5. The zero-order valence-corrected chi connectivity index (χ0v) is 11.4. The number of nitrogens with one attached hydrogen (secondary N) is 2. The van der Waals surface area contributed by atoms with E-state index < -0.39 is 4.92 Å². The Morgan fingerprint density at radius 2 is 2.19 bits per heavy atom. The lowest BCUT2D eigenvalue weighted by Crippen LogP contribution is -2.02. The van der Waals surface area contributed by atoms with Gasteiger partial charge in [0, 0.05) is 29.0 Å². The van der Waals surface area contributed by atoms with Crippen molar-refractivity contribution >= 4 is 45.4 Å². The maximum absolute atomic E-state index is 11.1. The van der Waals surface area contributed by atoms with Gasteiger partial charge in [-0.15, -0.1) is 0 Å². The van der Waals surface area contributed by atoms with Crippen molar-refractivity contribution in [1.29, 1.82) is 0 Å². The van der Waals surface area contributed by atoms with E-state index in [0.29, 0.717) is 10.7 Å². The van der Waals surface area contributed by atoms with Crippen LogP contribution >= 0.6 is 11.6 Å². The highest BCUT2D eigenvalue weighted by molar-refractivity contribution is 6.35. The average Bonchev–Trinajstić information content (AvgIpc) is 2.80. The van der Waals surface area contributed by atoms with Crippen LogP contribution in [0.2, 0.25) is 5.02 Å². The molecule has 7 nitrogen and oxygen atoms in total. The van der Waals surface area contributed by atoms with Crippen molar-refractivity contribution in [3.63, 3.8) is 0 Å². The molecule has 8 heteroatoms. The number of anilines is 3. The van der Waals surface area contributed by atoms with E-state index in [1.165, 1.54) is 12.3 Å². The Hall–Kier alpha value is -2.80. The number of aromatic nitrogens is 2. The minimum atomic E-state index is -0.563. The first-order chi connectivity index (χ1) is 10.1. The maximum atomic E-state index is 11.1. The van der Waals surface area contributed by atoms with Crippen LogP contribution in [0.15, 0.2) is 36.7 Å². The first-order valence-corrected chi connectivity index (χ1v) is 6.36. The number of rotatable bonds is 3. The third-order valence-corrected chi connectivity index (χ3v) is 3.36. The fourth-order valence-electron chi connectivity index (χ4n) is 2.08. The van der Waals surface area contributed by atoms with Crippen LogP contribution in [0.25, 0.3) is 10.9 Å². The Balaban J connectivity index is 2.04. The molecule has 0 spiro atoms. The zero-order chi connectivity index (χ0) is 15.0. The molecule has 0 fully saturated rings. The van der Waals surface area contributed by atoms with E-state index in [0.717, 1.165) is 10.9 Å². The van der Waals surface area contributed by atoms with Gasteiger partial charge in [-0.05, 0) is 24.3 Å². The van der Waals surface area contributed by atoms with Gasteiger partial charge in [0.25, 0.3) is 0 Å². The number of aromatic amines is 1. The first kappa shape index (κ1) is 13.2. The highest BCUT2D eigenvalue weighted by Crippen LogP contribution is 2.33. The van der Waals surface area contributed by atoms with Crippen molar-refractivity contribution in [3.05, 3.63) is 51.8 Å². The van der Waals surface area contributed by atoms with Crippen LogP contribution in [0.4, 0.5) is 22.9 Å². The van der Waals surface area contributed by atoms with Crippen LogP contribution < -0.4 is 11.1 Å². The molecular weight excluding hydrogens is 294 g/mol. The van der Waals surface area contributed by atoms with Gasteiger partial charge in [0.2, 0.25) is 5.82 Å². The number of benzene rings is 1. The van der Waals surface area contributed by atoms with Gasteiger partial charge in [0.05, 0.1) is 9.95 Å². The van der Waals surface area contributed by atoms with Gasteiger partial charge in [-0.2, -0.15) is 0 Å². The summed E-state index contributed by atoms with van der Waals surface area (Å²) in [5.74, 6) is -0.134. The number of nitro groups is 1. The van der Waals surface area contributed by atoms with E-state index >= 15 is 0 Å². The standard InChI is InChI=1S/C13H10ClN5O2/c14-9-6-17-10-2-1-7(5-8(9)10)18-11-3-4-16-13(15)12(11)19(20)21/h1-6,17H,(H3,15,16,18). The molecule has 0 unspecified atom stereocenters. The molecule has 0 atom stereocenters. The van der Waals surface area contributed by atoms with Gasteiger partial charge in [-0.1, -0.05) is 11.6 Å². The number of halogens is 1. The van der Waals surface area contributed by atoms with E-state index in [1.54, 1.807) is 18.3 Å². The summed E-state index contributed by atoms with van der Waals surface area (Å²) in [4.78, 5) is 17.3. The molecular formula is C13H10ClN5O2. The van der Waals surface area contributed by atoms with Crippen molar-refractivity contribution < 1.29 is 4.92 Å². The summed E-state index contributed by atoms with van der Waals surface area (Å²) in [5, 5.41) is 15.5. The van der Waals surface area contributed by atoms with Crippen LogP contribution in [0, 0.1) is 10.1 Å². The highest BCUT2D eigenvalue weighted by atomic mass is 35.5. The second-order valence-corrected chi connectivity index (χ2v) is 4.78. The molecule has 0 aliphatic rings. The van der Waals surface area contributed by atoms with Crippen molar-refractivity contribution in [3.8, 4) is 0 Å². The number of fused-ring (bicyclic) bond motifs is 1. The van der Waals surface area contributed by atoms with E-state index in [-0.39, 0.29) is 17.2 Å². The number of pyridine rings is 1. The quantitative estimate of drug-likeness (QED) is 0.507. The molecule has 2 aromatic heterocycles. The third kappa shape index (κ3) is 2.34. The monoisotopic (exact) mass is 303 g/mol. The highest BCUT2D eigenvalue weighted by Gasteiger charge is 2.19. The smallest absolute Gasteiger partial charge is 0.334 e. The van der Waals surface area contributed by atoms with Crippen molar-refractivity contribution in [2.24, 2.45) is 0 Å². The molecule has 0 bridgehead atoms. The number of nitrogen functional groups attached to an aromatic ring is 1. The maximum Gasteiger partial charge on any atom is 0.334 e. The minimum Gasteiger partial charge on any atom is -0.378 e. The van der Waals surface area contributed by atoms with Crippen LogP contribution in [-0.2, 0) is 0 Å². The molecule has 0 saturated carbocycles. The van der Waals surface area contributed by atoms with Crippen molar-refractivity contribution in [2.75, 3.05) is 11.1 Å². The normalized spacial score (nSPS) is 10.7. The SMILES string of the molecule is Nc1nccc(Nc2ccc3[nH]cc(Cl)c3c2)c1[N+](=O)[O-]. The Kier molecular flexibility index (Phi) is 3.11. The topological polar surface area (TPSA) is 110 Å². The molecule has 2 heterocycles. The van der Waals surface area contributed by atoms with Gasteiger partial charge in [0.1, 0.15) is 5.69 Å². The molecule has 1 aromatic carbocycles. The lowest BCUT2D eigenvalue weighted by molar-refractivity contribution is -0.383. The molecule has 21 heavy (non-hydrogen) atoms. The predicted molar refractivity (Wildman–Crippen MR) is 81.9 cm³/mol. The molecule has 0 aliphatic carbocycles. The van der Waals surface area contributed by atoms with Crippen molar-refractivity contribution in [2.45, 2.75) is 0 Å². The molecule has 106 valence electrons. The first-order valence-electron chi connectivity index (χ1n) is 5.99. The van der Waals surface area contributed by atoms with Gasteiger partial charge in [-0.3, -0.25) is 10.1 Å². The van der Waals surface area contributed by atoms with Crippen LogP contribution in [0.5, 0.6) is 0 Å². The Bertz CT molecular complexity index is 846. The van der Waals surface area contributed by atoms with Crippen LogP contribution in [-0.4, -0.2) is 14.9 Å². The molecule has 3 rings (SSSR count). The summed E-state index contributed by atoms with van der Waals surface area (Å²) in [6.45, 7) is 0. The van der Waals surface area contributed by atoms with E-state index in [9.17, 15) is 10.1 Å². The van der Waals surface area contributed by atoms with Gasteiger partial charge < -0.3 is 16.0 Å². The largest absolute Gasteiger partial charge is 0.378 e. The second kappa shape index (κ2) is 4.95. The molecule has 0 amide bonds. The van der Waals surface area contributed by atoms with Gasteiger partial charge in [-0.25, -0.2) is 4.98 Å². The Labute approximate surface area is 123 Å². The minimum absolute atomic E-state index is 0.134. The van der Waals surface area contributed by atoms with Crippen LogP contribution in [0.3, 0.4) is 0 Å². The summed E-state index contributed by atoms with van der Waals surface area (Å²) in [7, 11) is 0. The Morgan fingerprint density at radius 3 is 2.95 bits per heavy atom. The summed E-state index contributed by atoms with van der Waals surface area (Å²) >= 11 is 6.06. The number of H-pyrrole nitrogens is 1. The number of nitrogens with two attached hydrogens (primary N) is 1. The zero-order valence-electron chi connectivity index (χ0n) is 10.6. The fraction of sp³-hybridized carbons (Fsp3) is 0. The molecule has 0 aliphatic heterocycles. The fourth-order valence-corrected chi connectivity index (χ4v) is 2.29.